The third kappa shape index (κ3) is 4.68. The highest BCUT2D eigenvalue weighted by atomic mass is 16.5. The first-order valence-corrected chi connectivity index (χ1v) is 11.5. The standard InChI is InChI=1S/C25H36N2O3/c1-17(28)24-12-22(30-16-19-7-5-4-6-8-19)15-27(24)13-20-9-10-23-21(11-20)14-26(3)25(23)18(2)29/h4-8,20-25H,9-16H2,1-3H3/t20?,21?,22-,23?,24-,25+/m0/s1. The van der Waals surface area contributed by atoms with Crippen LogP contribution in [0.4, 0.5) is 0 Å². The molecular formula is C25H36N2O3. The van der Waals surface area contributed by atoms with Gasteiger partial charge in [-0.2, -0.15) is 0 Å². The van der Waals surface area contributed by atoms with Gasteiger partial charge in [0.2, 0.25) is 0 Å². The second-order valence-corrected chi connectivity index (χ2v) is 9.83. The Bertz CT molecular complexity index is 752. The zero-order chi connectivity index (χ0) is 21.3. The first-order valence-electron chi connectivity index (χ1n) is 11.5. The molecule has 1 saturated carbocycles. The number of likely N-dealkylation sites (N-methyl/N-ethyl adjacent to an activating group) is 1. The summed E-state index contributed by atoms with van der Waals surface area (Å²) in [6, 6.07) is 10.4. The molecule has 5 nitrogen and oxygen atoms in total. The van der Waals surface area contributed by atoms with Crippen LogP contribution < -0.4 is 0 Å². The molecule has 0 radical (unpaired) electrons. The Morgan fingerprint density at radius 3 is 2.50 bits per heavy atom. The number of hydrogen-bond acceptors (Lipinski definition) is 5. The molecule has 6 atom stereocenters. The molecule has 1 aromatic rings. The number of likely N-dealkylation sites (tertiary alicyclic amines) is 2. The van der Waals surface area contributed by atoms with E-state index in [1.54, 1.807) is 13.8 Å². The van der Waals surface area contributed by atoms with E-state index in [0.717, 1.165) is 38.9 Å². The Morgan fingerprint density at radius 1 is 1.03 bits per heavy atom. The molecule has 3 unspecified atom stereocenters. The summed E-state index contributed by atoms with van der Waals surface area (Å²) < 4.78 is 6.17. The molecule has 0 spiro atoms. The number of rotatable bonds is 7. The zero-order valence-corrected chi connectivity index (χ0v) is 18.6. The van der Waals surface area contributed by atoms with E-state index in [1.165, 1.54) is 12.0 Å². The van der Waals surface area contributed by atoms with Crippen LogP contribution in [0.2, 0.25) is 0 Å². The number of hydrogen-bond donors (Lipinski definition) is 0. The molecule has 30 heavy (non-hydrogen) atoms. The Hall–Kier alpha value is -1.56. The van der Waals surface area contributed by atoms with E-state index in [0.29, 0.717) is 30.1 Å². The van der Waals surface area contributed by atoms with Crippen molar-refractivity contribution in [2.45, 2.75) is 64.3 Å². The Morgan fingerprint density at radius 2 is 1.80 bits per heavy atom. The van der Waals surface area contributed by atoms with Crippen LogP contribution in [0.5, 0.6) is 0 Å². The van der Waals surface area contributed by atoms with E-state index >= 15 is 0 Å². The number of nitrogens with zero attached hydrogens (tertiary/aromatic N) is 2. The molecule has 3 aliphatic rings. The zero-order valence-electron chi connectivity index (χ0n) is 18.6. The molecule has 164 valence electrons. The third-order valence-corrected chi connectivity index (χ3v) is 7.62. The van der Waals surface area contributed by atoms with Crippen LogP contribution in [0.15, 0.2) is 30.3 Å². The average Bonchev–Trinajstić information content (AvgIpc) is 3.26. The average molecular weight is 413 g/mol. The van der Waals surface area contributed by atoms with Crippen molar-refractivity contribution in [2.75, 3.05) is 26.7 Å². The summed E-state index contributed by atoms with van der Waals surface area (Å²) in [5.41, 5.74) is 1.18. The first-order chi connectivity index (χ1) is 14.4. The fourth-order valence-corrected chi connectivity index (χ4v) is 6.33. The van der Waals surface area contributed by atoms with Gasteiger partial charge in [0.05, 0.1) is 24.8 Å². The van der Waals surface area contributed by atoms with Gasteiger partial charge in [-0.25, -0.2) is 0 Å². The van der Waals surface area contributed by atoms with Crippen LogP contribution >= 0.6 is 0 Å². The fourth-order valence-electron chi connectivity index (χ4n) is 6.33. The largest absolute Gasteiger partial charge is 0.372 e. The molecular weight excluding hydrogens is 376 g/mol. The van der Waals surface area contributed by atoms with Gasteiger partial charge in [0, 0.05) is 19.6 Å². The lowest BCUT2D eigenvalue weighted by molar-refractivity contribution is -0.123. The molecule has 4 rings (SSSR count). The van der Waals surface area contributed by atoms with Crippen molar-refractivity contribution in [2.24, 2.45) is 17.8 Å². The van der Waals surface area contributed by atoms with Gasteiger partial charge in [-0.15, -0.1) is 0 Å². The van der Waals surface area contributed by atoms with E-state index in [2.05, 4.69) is 29.0 Å². The van der Waals surface area contributed by atoms with Gasteiger partial charge in [0.15, 0.2) is 0 Å². The van der Waals surface area contributed by atoms with E-state index in [9.17, 15) is 9.59 Å². The predicted octanol–water partition coefficient (Wildman–Crippen LogP) is 3.17. The van der Waals surface area contributed by atoms with Crippen molar-refractivity contribution < 1.29 is 14.3 Å². The van der Waals surface area contributed by atoms with Crippen molar-refractivity contribution in [1.82, 2.24) is 9.80 Å². The van der Waals surface area contributed by atoms with E-state index in [-0.39, 0.29) is 24.0 Å². The summed E-state index contributed by atoms with van der Waals surface area (Å²) in [6.07, 6.45) is 4.40. The number of ether oxygens (including phenoxy) is 1. The summed E-state index contributed by atoms with van der Waals surface area (Å²) >= 11 is 0. The van der Waals surface area contributed by atoms with Crippen molar-refractivity contribution >= 4 is 11.6 Å². The van der Waals surface area contributed by atoms with Crippen molar-refractivity contribution in [1.29, 1.82) is 0 Å². The monoisotopic (exact) mass is 412 g/mol. The highest BCUT2D eigenvalue weighted by molar-refractivity contribution is 5.82. The molecule has 1 aromatic carbocycles. The van der Waals surface area contributed by atoms with Gasteiger partial charge in [0.25, 0.3) is 0 Å². The second kappa shape index (κ2) is 9.29. The van der Waals surface area contributed by atoms with Gasteiger partial charge in [-0.1, -0.05) is 30.3 Å². The second-order valence-electron chi connectivity index (χ2n) is 9.83. The third-order valence-electron chi connectivity index (χ3n) is 7.62. The number of Topliss-reactive ketones (excluding diaryl/α,β-unsaturated/α-hetero) is 2. The summed E-state index contributed by atoms with van der Waals surface area (Å²) in [5, 5.41) is 0. The lowest BCUT2D eigenvalue weighted by atomic mass is 9.73. The molecule has 0 bridgehead atoms. The van der Waals surface area contributed by atoms with Gasteiger partial charge < -0.3 is 4.74 Å². The van der Waals surface area contributed by atoms with Crippen LogP contribution in [0, 0.1) is 17.8 Å². The Labute approximate surface area is 180 Å². The van der Waals surface area contributed by atoms with Crippen molar-refractivity contribution in [3.8, 4) is 0 Å². The molecule has 5 heteroatoms. The van der Waals surface area contributed by atoms with Crippen LogP contribution in [0.1, 0.15) is 45.1 Å². The Kier molecular flexibility index (Phi) is 6.71. The SMILES string of the molecule is CC(=O)[C@@H]1C2CCC(CN3C[C@@H](OCc4ccccc4)C[C@H]3C(C)=O)CC2CN1C. The number of benzene rings is 1. The number of carbonyl (C=O) groups is 2. The summed E-state index contributed by atoms with van der Waals surface area (Å²) in [4.78, 5) is 29.1. The quantitative estimate of drug-likeness (QED) is 0.689. The van der Waals surface area contributed by atoms with Gasteiger partial charge in [-0.05, 0) is 69.9 Å². The number of ketones is 2. The molecule has 3 fully saturated rings. The summed E-state index contributed by atoms with van der Waals surface area (Å²) in [7, 11) is 2.10. The van der Waals surface area contributed by atoms with Crippen LogP contribution in [-0.2, 0) is 20.9 Å². The van der Waals surface area contributed by atoms with E-state index in [1.807, 2.05) is 18.2 Å². The molecule has 2 aliphatic heterocycles. The maximum atomic E-state index is 12.3. The Balaban J connectivity index is 1.33. The van der Waals surface area contributed by atoms with Gasteiger partial charge in [-0.3, -0.25) is 19.4 Å². The normalized spacial score (nSPS) is 34.8. The van der Waals surface area contributed by atoms with Gasteiger partial charge in [0.1, 0.15) is 11.6 Å². The predicted molar refractivity (Wildman–Crippen MR) is 117 cm³/mol. The lowest BCUT2D eigenvalue weighted by Crippen LogP contribution is -2.41. The fraction of sp³-hybridized carbons (Fsp3) is 0.680. The number of fused-ring (bicyclic) bond motifs is 1. The highest BCUT2D eigenvalue weighted by Gasteiger charge is 2.46. The number of carbonyl (C=O) groups excluding carboxylic acids is 2. The van der Waals surface area contributed by atoms with E-state index in [4.69, 9.17) is 4.74 Å². The van der Waals surface area contributed by atoms with Crippen LogP contribution in [0.3, 0.4) is 0 Å². The lowest BCUT2D eigenvalue weighted by Gasteiger charge is -2.36. The smallest absolute Gasteiger partial charge is 0.147 e. The first kappa shape index (κ1) is 21.7. The molecule has 1 aliphatic carbocycles. The van der Waals surface area contributed by atoms with E-state index < -0.39 is 0 Å². The summed E-state index contributed by atoms with van der Waals surface area (Å²) in [6.45, 7) is 6.93. The van der Waals surface area contributed by atoms with Gasteiger partial charge >= 0.3 is 0 Å². The molecule has 0 amide bonds. The molecule has 2 saturated heterocycles. The minimum absolute atomic E-state index is 0.0142. The van der Waals surface area contributed by atoms with Crippen molar-refractivity contribution in [3.05, 3.63) is 35.9 Å². The van der Waals surface area contributed by atoms with Crippen molar-refractivity contribution in [3.63, 3.8) is 0 Å². The molecule has 2 heterocycles. The topological polar surface area (TPSA) is 49.9 Å². The minimum atomic E-state index is -0.0142. The minimum Gasteiger partial charge on any atom is -0.372 e. The summed E-state index contributed by atoms with van der Waals surface area (Å²) in [5.74, 6) is 2.32. The maximum Gasteiger partial charge on any atom is 0.147 e. The maximum absolute atomic E-state index is 12.3. The van der Waals surface area contributed by atoms with Crippen LogP contribution in [-0.4, -0.2) is 66.2 Å². The highest BCUT2D eigenvalue weighted by Crippen LogP contribution is 2.43. The van der Waals surface area contributed by atoms with Crippen LogP contribution in [0.25, 0.3) is 0 Å². The molecule has 0 N–H and O–H groups in total. The molecule has 0 aromatic heterocycles.